The van der Waals surface area contributed by atoms with Crippen molar-refractivity contribution >= 4 is 11.8 Å². The van der Waals surface area contributed by atoms with Crippen LogP contribution < -0.4 is 14.8 Å². The normalized spacial score (nSPS) is 12.5. The Morgan fingerprint density at radius 3 is 2.25 bits per heavy atom. The predicted octanol–water partition coefficient (Wildman–Crippen LogP) is 4.01. The Morgan fingerprint density at radius 1 is 0.938 bits per heavy atom. The molecule has 32 heavy (non-hydrogen) atoms. The summed E-state index contributed by atoms with van der Waals surface area (Å²) in [6.07, 6.45) is 2.41. The van der Waals surface area contributed by atoms with Gasteiger partial charge in [0.25, 0.3) is 0 Å². The van der Waals surface area contributed by atoms with Crippen LogP contribution in [0.4, 0.5) is 0 Å². The Balaban J connectivity index is 2.10. The summed E-state index contributed by atoms with van der Waals surface area (Å²) in [5.41, 5.74) is 2.12. The fourth-order valence-electron chi connectivity index (χ4n) is 3.47. The zero-order valence-electron chi connectivity index (χ0n) is 19.9. The summed E-state index contributed by atoms with van der Waals surface area (Å²) in [7, 11) is 3.19. The van der Waals surface area contributed by atoms with E-state index in [0.717, 1.165) is 17.5 Å². The molecule has 2 atom stereocenters. The van der Waals surface area contributed by atoms with E-state index >= 15 is 0 Å². The lowest BCUT2D eigenvalue weighted by molar-refractivity contribution is -0.140. The maximum Gasteiger partial charge on any atom is 0.242 e. The van der Waals surface area contributed by atoms with E-state index in [2.05, 4.69) is 5.32 Å². The number of nitrogens with zero attached hydrogens (tertiary/aromatic N) is 1. The minimum absolute atomic E-state index is 0.0393. The molecular formula is C26H36N2O4. The van der Waals surface area contributed by atoms with E-state index in [0.29, 0.717) is 37.3 Å². The number of ether oxygens (including phenoxy) is 2. The lowest BCUT2D eigenvalue weighted by atomic mass is 10.1. The van der Waals surface area contributed by atoms with Gasteiger partial charge in [-0.25, -0.2) is 0 Å². The maximum absolute atomic E-state index is 13.2. The molecule has 6 nitrogen and oxygen atoms in total. The molecule has 2 aromatic rings. The van der Waals surface area contributed by atoms with Gasteiger partial charge in [-0.3, -0.25) is 9.59 Å². The van der Waals surface area contributed by atoms with Crippen LogP contribution in [-0.4, -0.2) is 49.6 Å². The van der Waals surface area contributed by atoms with Crippen LogP contribution >= 0.6 is 0 Å². The monoisotopic (exact) mass is 440 g/mol. The second-order valence-electron chi connectivity index (χ2n) is 8.01. The minimum Gasteiger partial charge on any atom is -0.493 e. The first-order chi connectivity index (χ1) is 15.4. The molecule has 174 valence electrons. The van der Waals surface area contributed by atoms with E-state index in [1.54, 1.807) is 26.0 Å². The van der Waals surface area contributed by atoms with Crippen molar-refractivity contribution < 1.29 is 19.1 Å². The second-order valence-corrected chi connectivity index (χ2v) is 8.01. The minimum atomic E-state index is -0.536. The molecule has 0 unspecified atom stereocenters. The summed E-state index contributed by atoms with van der Waals surface area (Å²) in [5, 5.41) is 3.00. The number of benzene rings is 2. The molecule has 0 radical (unpaired) electrons. The van der Waals surface area contributed by atoms with Gasteiger partial charge in [0.1, 0.15) is 6.04 Å². The first kappa shape index (κ1) is 25.2. The summed E-state index contributed by atoms with van der Waals surface area (Å²) in [6, 6.07) is 15.2. The highest BCUT2D eigenvalue weighted by molar-refractivity contribution is 5.87. The fraction of sp³-hybridized carbons (Fsp3) is 0.462. The van der Waals surface area contributed by atoms with Gasteiger partial charge >= 0.3 is 0 Å². The van der Waals surface area contributed by atoms with Crippen LogP contribution in [0.1, 0.15) is 44.7 Å². The molecule has 0 aliphatic rings. The Kier molecular flexibility index (Phi) is 10.1. The van der Waals surface area contributed by atoms with Crippen molar-refractivity contribution in [2.75, 3.05) is 20.8 Å². The number of methoxy groups -OCH3 is 2. The number of rotatable bonds is 12. The van der Waals surface area contributed by atoms with Crippen LogP contribution in [0.15, 0.2) is 48.5 Å². The van der Waals surface area contributed by atoms with Crippen molar-refractivity contribution in [3.63, 3.8) is 0 Å². The lowest BCUT2D eigenvalue weighted by Crippen LogP contribution is -2.50. The van der Waals surface area contributed by atoms with Crippen LogP contribution in [0.25, 0.3) is 0 Å². The van der Waals surface area contributed by atoms with Crippen molar-refractivity contribution in [3.8, 4) is 11.5 Å². The number of hydrogen-bond acceptors (Lipinski definition) is 4. The zero-order chi connectivity index (χ0) is 23.5. The number of hydrogen-bond donors (Lipinski definition) is 1. The van der Waals surface area contributed by atoms with Gasteiger partial charge < -0.3 is 19.7 Å². The van der Waals surface area contributed by atoms with Crippen molar-refractivity contribution in [3.05, 3.63) is 59.7 Å². The maximum atomic E-state index is 13.2. The third-order valence-corrected chi connectivity index (χ3v) is 5.73. The molecule has 0 fully saturated rings. The van der Waals surface area contributed by atoms with Gasteiger partial charge in [-0.05, 0) is 56.4 Å². The van der Waals surface area contributed by atoms with Crippen LogP contribution in [0.5, 0.6) is 11.5 Å². The third kappa shape index (κ3) is 7.29. The molecule has 2 rings (SSSR count). The van der Waals surface area contributed by atoms with E-state index in [-0.39, 0.29) is 17.9 Å². The molecule has 0 aromatic heterocycles. The Morgan fingerprint density at radius 2 is 1.62 bits per heavy atom. The smallest absolute Gasteiger partial charge is 0.242 e. The molecule has 0 heterocycles. The lowest BCUT2D eigenvalue weighted by Gasteiger charge is -2.29. The largest absolute Gasteiger partial charge is 0.493 e. The van der Waals surface area contributed by atoms with E-state index in [4.69, 9.17) is 9.47 Å². The molecule has 0 saturated carbocycles. The van der Waals surface area contributed by atoms with E-state index in [9.17, 15) is 9.59 Å². The summed E-state index contributed by atoms with van der Waals surface area (Å²) in [5.74, 6) is 1.14. The number of amides is 2. The Bertz CT molecular complexity index is 869. The van der Waals surface area contributed by atoms with E-state index < -0.39 is 6.04 Å². The molecule has 0 aliphatic carbocycles. The van der Waals surface area contributed by atoms with E-state index in [1.807, 2.05) is 62.4 Å². The Hall–Kier alpha value is -3.02. The standard InChI is InChI=1S/C26H36N2O4/c1-6-19(2)27-26(30)20(3)28(17-16-21-10-8-7-9-11-21)25(29)15-13-22-12-14-23(31-4)24(18-22)32-5/h7-12,14,18-20H,6,13,15-17H2,1-5H3,(H,27,30)/t19-,20-/m0/s1. The topological polar surface area (TPSA) is 67.9 Å². The highest BCUT2D eigenvalue weighted by Crippen LogP contribution is 2.28. The van der Waals surface area contributed by atoms with Crippen molar-refractivity contribution in [2.45, 2.75) is 58.5 Å². The van der Waals surface area contributed by atoms with Crippen LogP contribution in [0, 0.1) is 0 Å². The average Bonchev–Trinajstić information content (AvgIpc) is 2.82. The van der Waals surface area contributed by atoms with Gasteiger partial charge in [0.05, 0.1) is 14.2 Å². The van der Waals surface area contributed by atoms with Crippen molar-refractivity contribution in [1.29, 1.82) is 0 Å². The number of nitrogens with one attached hydrogen (secondary N) is 1. The van der Waals surface area contributed by atoms with Gasteiger partial charge in [0, 0.05) is 19.0 Å². The summed E-state index contributed by atoms with van der Waals surface area (Å²) in [6.45, 7) is 6.29. The zero-order valence-corrected chi connectivity index (χ0v) is 19.9. The number of aryl methyl sites for hydroxylation is 1. The quantitative estimate of drug-likeness (QED) is 0.542. The SMILES string of the molecule is CC[C@H](C)NC(=O)[C@H](C)N(CCc1ccccc1)C(=O)CCc1ccc(OC)c(OC)c1. The predicted molar refractivity (Wildman–Crippen MR) is 127 cm³/mol. The van der Waals surface area contributed by atoms with Crippen molar-refractivity contribution in [2.24, 2.45) is 0 Å². The summed E-state index contributed by atoms with van der Waals surface area (Å²) >= 11 is 0. The first-order valence-corrected chi connectivity index (χ1v) is 11.2. The van der Waals surface area contributed by atoms with Crippen molar-refractivity contribution in [1.82, 2.24) is 10.2 Å². The number of carbonyl (C=O) groups is 2. The molecule has 0 bridgehead atoms. The van der Waals surface area contributed by atoms with Gasteiger partial charge in [0.15, 0.2) is 11.5 Å². The highest BCUT2D eigenvalue weighted by Gasteiger charge is 2.26. The molecule has 0 aliphatic heterocycles. The molecule has 1 N–H and O–H groups in total. The van der Waals surface area contributed by atoms with Gasteiger partial charge in [0.2, 0.25) is 11.8 Å². The average molecular weight is 441 g/mol. The van der Waals surface area contributed by atoms with Gasteiger partial charge in [-0.1, -0.05) is 43.3 Å². The third-order valence-electron chi connectivity index (χ3n) is 5.73. The van der Waals surface area contributed by atoms with Crippen LogP contribution in [0.3, 0.4) is 0 Å². The van der Waals surface area contributed by atoms with Gasteiger partial charge in [-0.15, -0.1) is 0 Å². The van der Waals surface area contributed by atoms with Gasteiger partial charge in [-0.2, -0.15) is 0 Å². The highest BCUT2D eigenvalue weighted by atomic mass is 16.5. The summed E-state index contributed by atoms with van der Waals surface area (Å²) in [4.78, 5) is 27.7. The van der Waals surface area contributed by atoms with E-state index in [1.165, 1.54) is 0 Å². The molecule has 2 amide bonds. The fourth-order valence-corrected chi connectivity index (χ4v) is 3.47. The van der Waals surface area contributed by atoms with Crippen LogP contribution in [-0.2, 0) is 22.4 Å². The molecular weight excluding hydrogens is 404 g/mol. The molecule has 0 saturated heterocycles. The number of carbonyl (C=O) groups excluding carboxylic acids is 2. The Labute approximate surface area is 191 Å². The van der Waals surface area contributed by atoms with Crippen LogP contribution in [0.2, 0.25) is 0 Å². The molecule has 2 aromatic carbocycles. The first-order valence-electron chi connectivity index (χ1n) is 11.2. The summed E-state index contributed by atoms with van der Waals surface area (Å²) < 4.78 is 10.6. The molecule has 6 heteroatoms. The molecule has 0 spiro atoms. The second kappa shape index (κ2) is 12.7.